The number of carbonyl (C=O) groups is 4. The fraction of sp³-hybridized carbons (Fsp3) is 0.406. The van der Waals surface area contributed by atoms with Crippen LogP contribution >= 0.6 is 11.6 Å². The van der Waals surface area contributed by atoms with E-state index in [2.05, 4.69) is 25.9 Å². The Kier molecular flexibility index (Phi) is 16.1. The summed E-state index contributed by atoms with van der Waals surface area (Å²) in [5.74, 6) is -6.28. The molecule has 14 nitrogen and oxygen atoms in total. The number of hydrogen-bond donors (Lipinski definition) is 7. The van der Waals surface area contributed by atoms with Crippen LogP contribution in [0.15, 0.2) is 42.5 Å². The van der Waals surface area contributed by atoms with Crippen molar-refractivity contribution in [2.45, 2.75) is 76.4 Å². The van der Waals surface area contributed by atoms with Crippen LogP contribution in [0.25, 0.3) is 10.9 Å². The number of carboxylic acids is 2. The lowest BCUT2D eigenvalue weighted by Gasteiger charge is -2.33. The Morgan fingerprint density at radius 3 is 2.02 bits per heavy atom. The van der Waals surface area contributed by atoms with Crippen molar-refractivity contribution in [1.29, 1.82) is 5.41 Å². The lowest BCUT2D eigenvalue weighted by atomic mass is 9.90. The average molecular weight is 780 g/mol. The molecule has 21 heteroatoms. The van der Waals surface area contributed by atoms with Crippen molar-refractivity contribution >= 4 is 58.1 Å². The van der Waals surface area contributed by atoms with Gasteiger partial charge in [0.25, 0.3) is 5.91 Å². The Morgan fingerprint density at radius 1 is 0.962 bits per heavy atom. The van der Waals surface area contributed by atoms with Gasteiger partial charge in [-0.3, -0.25) is 10.2 Å². The molecule has 4 rings (SSSR count). The second kappa shape index (κ2) is 19.4. The van der Waals surface area contributed by atoms with Gasteiger partial charge in [-0.1, -0.05) is 48.2 Å². The number of hydrogen-bond acceptors (Lipinski definition) is 9. The number of rotatable bonds is 9. The highest BCUT2D eigenvalue weighted by Crippen LogP contribution is 2.27. The molecule has 0 spiro atoms. The molecule has 0 aliphatic heterocycles. The quantitative estimate of drug-likeness (QED) is 0.0661. The Hall–Kier alpha value is -5.40. The molecule has 8 N–H and O–H groups in total. The molecule has 0 bridgehead atoms. The van der Waals surface area contributed by atoms with Crippen molar-refractivity contribution in [1.82, 2.24) is 20.6 Å². The summed E-state index contributed by atoms with van der Waals surface area (Å²) in [4.78, 5) is 53.1. The van der Waals surface area contributed by atoms with E-state index in [9.17, 15) is 35.9 Å². The van der Waals surface area contributed by atoms with Gasteiger partial charge in [0.05, 0.1) is 12.1 Å². The summed E-state index contributed by atoms with van der Waals surface area (Å²) in [5.41, 5.74) is 8.07. The predicted octanol–water partition coefficient (Wildman–Crippen LogP) is 4.97. The molecule has 1 fully saturated rings. The van der Waals surface area contributed by atoms with E-state index in [0.717, 1.165) is 42.2 Å². The summed E-state index contributed by atoms with van der Waals surface area (Å²) in [6.07, 6.45) is -6.17. The molecule has 1 heterocycles. The van der Waals surface area contributed by atoms with Crippen molar-refractivity contribution < 1.29 is 60.5 Å². The summed E-state index contributed by atoms with van der Waals surface area (Å²) >= 11 is 6.00. The van der Waals surface area contributed by atoms with Gasteiger partial charge in [-0.15, -0.1) is 0 Å². The fourth-order valence-corrected chi connectivity index (χ4v) is 4.95. The van der Waals surface area contributed by atoms with Crippen molar-refractivity contribution in [3.8, 4) is 0 Å². The molecule has 1 aliphatic rings. The molecule has 3 aromatic rings. The highest BCUT2D eigenvalue weighted by molar-refractivity contribution is 6.30. The molecule has 1 amide bonds. The molecule has 53 heavy (non-hydrogen) atoms. The number of amides is 1. The molecule has 290 valence electrons. The number of alkyl halides is 6. The number of fused-ring (bicyclic) bond motifs is 1. The number of aliphatic carboxylic acids is 2. The third kappa shape index (κ3) is 14.6. The molecule has 3 unspecified atom stereocenters. The topological polar surface area (TPSA) is 230 Å². The number of benzene rings is 2. The second-order valence-electron chi connectivity index (χ2n) is 11.3. The maximum atomic E-state index is 13.4. The molecule has 1 aromatic heterocycles. The number of aryl methyl sites for hydroxylation is 1. The van der Waals surface area contributed by atoms with Crippen LogP contribution in [0.3, 0.4) is 0 Å². The summed E-state index contributed by atoms with van der Waals surface area (Å²) in [6.45, 7) is 3.87. The first kappa shape index (κ1) is 43.8. The number of guanidine groups is 1. The first-order valence-electron chi connectivity index (χ1n) is 15.6. The van der Waals surface area contributed by atoms with E-state index in [1.807, 2.05) is 25.1 Å². The minimum absolute atomic E-state index is 0.0454. The van der Waals surface area contributed by atoms with Gasteiger partial charge in [0.15, 0.2) is 5.96 Å². The number of halogens is 7. The lowest BCUT2D eigenvalue weighted by Crippen LogP contribution is -2.50. The number of aromatic nitrogens is 2. The minimum atomic E-state index is -5.08. The Morgan fingerprint density at radius 2 is 1.51 bits per heavy atom. The first-order chi connectivity index (χ1) is 24.6. The van der Waals surface area contributed by atoms with Crippen LogP contribution in [0.5, 0.6) is 0 Å². The second-order valence-corrected chi connectivity index (χ2v) is 11.8. The van der Waals surface area contributed by atoms with Gasteiger partial charge in [0, 0.05) is 28.9 Å². The van der Waals surface area contributed by atoms with E-state index in [1.54, 1.807) is 31.2 Å². The smallest absolute Gasteiger partial charge is 0.475 e. The molecular weight excluding hydrogens is 744 g/mol. The van der Waals surface area contributed by atoms with Crippen molar-refractivity contribution in [2.24, 2.45) is 5.73 Å². The predicted molar refractivity (Wildman–Crippen MR) is 179 cm³/mol. The van der Waals surface area contributed by atoms with E-state index >= 15 is 0 Å². The van der Waals surface area contributed by atoms with Crippen LogP contribution in [0.2, 0.25) is 5.02 Å². The highest BCUT2D eigenvalue weighted by Gasteiger charge is 2.39. The maximum Gasteiger partial charge on any atom is 0.490 e. The zero-order chi connectivity index (χ0) is 40.1. The van der Waals surface area contributed by atoms with Gasteiger partial charge in [-0.25, -0.2) is 24.4 Å². The highest BCUT2D eigenvalue weighted by atomic mass is 35.5. The third-order valence-electron chi connectivity index (χ3n) is 7.20. The SMILES string of the molecule is CCOC(=O)C(Cc1ccc(Cl)cc1)NC(=O)c1nc(NC2CCCCC2NC(=N)N)c2cc(C)ccc2n1.O=C(O)C(F)(F)F.O=C(O)C(F)(F)F. The lowest BCUT2D eigenvalue weighted by molar-refractivity contribution is -0.193. The zero-order valence-corrected chi connectivity index (χ0v) is 28.8. The largest absolute Gasteiger partial charge is 0.490 e. The molecule has 0 saturated heterocycles. The van der Waals surface area contributed by atoms with E-state index in [0.29, 0.717) is 16.4 Å². The van der Waals surface area contributed by atoms with Gasteiger partial charge < -0.3 is 36.6 Å². The molecule has 1 aliphatic carbocycles. The number of esters is 1. The number of nitrogens with zero attached hydrogens (tertiary/aromatic N) is 2. The number of nitrogens with two attached hydrogens (primary N) is 1. The van der Waals surface area contributed by atoms with E-state index in [4.69, 9.17) is 47.3 Å². The van der Waals surface area contributed by atoms with Crippen LogP contribution < -0.4 is 21.7 Å². The van der Waals surface area contributed by atoms with Gasteiger partial charge in [0.1, 0.15) is 11.9 Å². The van der Waals surface area contributed by atoms with Gasteiger partial charge in [-0.05, 0) is 56.5 Å². The number of nitrogens with one attached hydrogen (secondary N) is 4. The summed E-state index contributed by atoms with van der Waals surface area (Å²) in [7, 11) is 0. The summed E-state index contributed by atoms with van der Waals surface area (Å²) < 4.78 is 68.7. The molecular formula is C32H36ClF6N7O7. The number of carboxylic acid groups (broad SMARTS) is 2. The van der Waals surface area contributed by atoms with Crippen LogP contribution in [0, 0.1) is 12.3 Å². The van der Waals surface area contributed by atoms with E-state index < -0.39 is 42.2 Å². The van der Waals surface area contributed by atoms with Crippen LogP contribution in [0.1, 0.15) is 54.4 Å². The summed E-state index contributed by atoms with van der Waals surface area (Å²) in [6, 6.07) is 11.8. The Labute approximate surface area is 303 Å². The van der Waals surface area contributed by atoms with E-state index in [-0.39, 0.29) is 36.9 Å². The van der Waals surface area contributed by atoms with Crippen molar-refractivity contribution in [3.63, 3.8) is 0 Å². The number of carbonyl (C=O) groups excluding carboxylic acids is 2. The van der Waals surface area contributed by atoms with Gasteiger partial charge in [0.2, 0.25) is 5.82 Å². The third-order valence-corrected chi connectivity index (χ3v) is 7.45. The maximum absolute atomic E-state index is 13.4. The Balaban J connectivity index is 0.000000587. The van der Waals surface area contributed by atoms with Crippen LogP contribution in [-0.4, -0.2) is 87.0 Å². The Bertz CT molecular complexity index is 1740. The monoisotopic (exact) mass is 779 g/mol. The summed E-state index contributed by atoms with van der Waals surface area (Å²) in [5, 5.41) is 32.6. The molecule has 1 saturated carbocycles. The van der Waals surface area contributed by atoms with Crippen molar-refractivity contribution in [2.75, 3.05) is 11.9 Å². The number of ether oxygens (including phenoxy) is 1. The molecule has 0 radical (unpaired) electrons. The zero-order valence-electron chi connectivity index (χ0n) is 28.1. The molecule has 3 atom stereocenters. The first-order valence-corrected chi connectivity index (χ1v) is 16.0. The normalized spacial score (nSPS) is 16.0. The molecule has 2 aromatic carbocycles. The van der Waals surface area contributed by atoms with Gasteiger partial charge in [-0.2, -0.15) is 26.3 Å². The van der Waals surface area contributed by atoms with Gasteiger partial charge >= 0.3 is 30.3 Å². The standard InChI is InChI=1S/C28H34ClN7O3.2C2HF3O2/c1-3-39-27(38)23(15-17-9-11-18(29)12-10-17)34-26(37)25-32-20-13-8-16(2)14-19(20)24(36-25)33-21-6-4-5-7-22(21)35-28(30)31;2*3-2(4,5)1(6)7/h8-14,21-23H,3-7,15H2,1-2H3,(H,34,37)(H4,30,31,35)(H,32,33,36);2*(H,6,7). The number of anilines is 1. The van der Waals surface area contributed by atoms with E-state index in [1.165, 1.54) is 0 Å². The minimum Gasteiger partial charge on any atom is -0.475 e. The fourth-order valence-electron chi connectivity index (χ4n) is 4.82. The van der Waals surface area contributed by atoms with Crippen LogP contribution in [-0.2, 0) is 25.5 Å². The average Bonchev–Trinajstić information content (AvgIpc) is 3.06. The van der Waals surface area contributed by atoms with Crippen LogP contribution in [0.4, 0.5) is 32.2 Å². The van der Waals surface area contributed by atoms with Crippen molar-refractivity contribution in [3.05, 3.63) is 64.4 Å².